The Labute approximate surface area is 132 Å². The third-order valence-electron chi connectivity index (χ3n) is 3.32. The van der Waals surface area contributed by atoms with Crippen LogP contribution in [0.2, 0.25) is 0 Å². The van der Waals surface area contributed by atoms with E-state index in [1.54, 1.807) is 30.7 Å². The molecule has 0 radical (unpaired) electrons. The summed E-state index contributed by atoms with van der Waals surface area (Å²) in [5.74, 6) is 0.651. The van der Waals surface area contributed by atoms with Crippen molar-refractivity contribution < 1.29 is 9.15 Å². The number of thioether (sulfide) groups is 1. The van der Waals surface area contributed by atoms with Gasteiger partial charge in [-0.25, -0.2) is 0 Å². The van der Waals surface area contributed by atoms with Gasteiger partial charge in [-0.05, 0) is 23.1 Å². The Morgan fingerprint density at radius 2 is 1.95 bits per heavy atom. The van der Waals surface area contributed by atoms with E-state index in [2.05, 4.69) is 6.58 Å². The fourth-order valence-corrected chi connectivity index (χ4v) is 2.91. The molecule has 0 aliphatic rings. The van der Waals surface area contributed by atoms with Crippen LogP contribution in [-0.2, 0) is 0 Å². The maximum absolute atomic E-state index is 12.9. The molecule has 0 saturated carbocycles. The van der Waals surface area contributed by atoms with Gasteiger partial charge in [0.25, 0.3) is 0 Å². The maximum atomic E-state index is 12.9. The number of hydrogen-bond acceptors (Lipinski definition) is 4. The third-order valence-corrected chi connectivity index (χ3v) is 3.99. The minimum absolute atomic E-state index is 0.0561. The van der Waals surface area contributed by atoms with Crippen molar-refractivity contribution in [3.05, 3.63) is 70.7 Å². The zero-order valence-corrected chi connectivity index (χ0v) is 12.9. The molecule has 2 aromatic carbocycles. The molecule has 4 heteroatoms. The first-order valence-corrected chi connectivity index (χ1v) is 7.60. The van der Waals surface area contributed by atoms with E-state index in [0.717, 1.165) is 5.56 Å². The second kappa shape index (κ2) is 6.12. The minimum atomic E-state index is -0.0561. The minimum Gasteiger partial charge on any atom is -0.497 e. The standard InChI is InChI=1S/C18H14O3S/c1-3-22-18-16(12-7-5-4-6-8-12)17(19)14-10-9-13(20-2)11-15(14)21-18/h3-11H,1H2,2H3. The molecule has 0 spiro atoms. The van der Waals surface area contributed by atoms with Gasteiger partial charge in [0.2, 0.25) is 5.43 Å². The van der Waals surface area contributed by atoms with Crippen LogP contribution in [0.5, 0.6) is 5.75 Å². The molecule has 0 amide bonds. The molecule has 3 aromatic rings. The third kappa shape index (κ3) is 2.53. The lowest BCUT2D eigenvalue weighted by molar-refractivity contribution is 0.413. The van der Waals surface area contributed by atoms with Gasteiger partial charge in [0.05, 0.1) is 18.1 Å². The first-order valence-electron chi connectivity index (χ1n) is 6.72. The van der Waals surface area contributed by atoms with Gasteiger partial charge in [-0.1, -0.05) is 48.7 Å². The average Bonchev–Trinajstić information content (AvgIpc) is 2.55. The fraction of sp³-hybridized carbons (Fsp3) is 0.0556. The first-order chi connectivity index (χ1) is 10.7. The molecule has 0 aliphatic heterocycles. The van der Waals surface area contributed by atoms with Crippen LogP contribution >= 0.6 is 11.8 Å². The van der Waals surface area contributed by atoms with E-state index in [0.29, 0.717) is 27.4 Å². The lowest BCUT2D eigenvalue weighted by Crippen LogP contribution is -2.06. The summed E-state index contributed by atoms with van der Waals surface area (Å²) >= 11 is 1.30. The lowest BCUT2D eigenvalue weighted by atomic mass is 10.1. The van der Waals surface area contributed by atoms with Gasteiger partial charge in [0.1, 0.15) is 11.3 Å². The van der Waals surface area contributed by atoms with Crippen molar-refractivity contribution in [2.24, 2.45) is 0 Å². The monoisotopic (exact) mass is 310 g/mol. The van der Waals surface area contributed by atoms with Crippen molar-refractivity contribution in [1.29, 1.82) is 0 Å². The molecule has 0 aliphatic carbocycles. The number of methoxy groups -OCH3 is 1. The van der Waals surface area contributed by atoms with Gasteiger partial charge in [-0.3, -0.25) is 4.79 Å². The molecular formula is C18H14O3S. The van der Waals surface area contributed by atoms with Gasteiger partial charge in [-0.15, -0.1) is 0 Å². The highest BCUT2D eigenvalue weighted by molar-refractivity contribution is 8.02. The predicted molar refractivity (Wildman–Crippen MR) is 90.5 cm³/mol. The van der Waals surface area contributed by atoms with E-state index in [9.17, 15) is 4.79 Å². The van der Waals surface area contributed by atoms with Crippen molar-refractivity contribution >= 4 is 22.7 Å². The molecule has 0 N–H and O–H groups in total. The van der Waals surface area contributed by atoms with Crippen LogP contribution in [-0.4, -0.2) is 7.11 Å². The highest BCUT2D eigenvalue weighted by Gasteiger charge is 2.16. The number of hydrogen-bond donors (Lipinski definition) is 0. The summed E-state index contributed by atoms with van der Waals surface area (Å²) < 4.78 is 11.1. The number of fused-ring (bicyclic) bond motifs is 1. The Hall–Kier alpha value is -2.46. The second-order valence-corrected chi connectivity index (χ2v) is 5.55. The van der Waals surface area contributed by atoms with E-state index in [1.165, 1.54) is 11.8 Å². The SMILES string of the molecule is C=CSc1oc2cc(OC)ccc2c(=O)c1-c1ccccc1. The van der Waals surface area contributed by atoms with Crippen LogP contribution in [0.1, 0.15) is 0 Å². The number of benzene rings is 2. The molecule has 3 rings (SSSR count). The number of ether oxygens (including phenoxy) is 1. The van der Waals surface area contributed by atoms with E-state index < -0.39 is 0 Å². The number of rotatable bonds is 4. The van der Waals surface area contributed by atoms with Crippen LogP contribution in [0.15, 0.2) is 74.8 Å². The molecule has 1 heterocycles. The quantitative estimate of drug-likeness (QED) is 0.655. The van der Waals surface area contributed by atoms with Gasteiger partial charge >= 0.3 is 0 Å². The highest BCUT2D eigenvalue weighted by atomic mass is 32.2. The van der Waals surface area contributed by atoms with E-state index >= 15 is 0 Å². The lowest BCUT2D eigenvalue weighted by Gasteiger charge is -2.09. The maximum Gasteiger partial charge on any atom is 0.201 e. The Morgan fingerprint density at radius 1 is 1.18 bits per heavy atom. The van der Waals surface area contributed by atoms with Crippen LogP contribution in [0.3, 0.4) is 0 Å². The Balaban J connectivity index is 2.35. The summed E-state index contributed by atoms with van der Waals surface area (Å²) in [7, 11) is 1.58. The zero-order valence-electron chi connectivity index (χ0n) is 12.0. The summed E-state index contributed by atoms with van der Waals surface area (Å²) in [5.41, 5.74) is 1.84. The fourth-order valence-electron chi connectivity index (χ4n) is 2.29. The van der Waals surface area contributed by atoms with Crippen LogP contribution < -0.4 is 10.2 Å². The summed E-state index contributed by atoms with van der Waals surface area (Å²) in [5, 5.41) is 2.72. The molecule has 0 unspecified atom stereocenters. The molecule has 110 valence electrons. The van der Waals surface area contributed by atoms with Crippen molar-refractivity contribution in [2.75, 3.05) is 7.11 Å². The summed E-state index contributed by atoms with van der Waals surface area (Å²) in [6.07, 6.45) is 0. The summed E-state index contributed by atoms with van der Waals surface area (Å²) in [6, 6.07) is 14.7. The molecule has 0 saturated heterocycles. The van der Waals surface area contributed by atoms with Crippen molar-refractivity contribution in [1.82, 2.24) is 0 Å². The van der Waals surface area contributed by atoms with E-state index in [1.807, 2.05) is 30.3 Å². The Morgan fingerprint density at radius 3 is 2.64 bits per heavy atom. The molecule has 22 heavy (non-hydrogen) atoms. The smallest absolute Gasteiger partial charge is 0.201 e. The largest absolute Gasteiger partial charge is 0.497 e. The molecular weight excluding hydrogens is 296 g/mol. The normalized spacial score (nSPS) is 10.6. The topological polar surface area (TPSA) is 39.4 Å². The van der Waals surface area contributed by atoms with Gasteiger partial charge in [0, 0.05) is 6.07 Å². The van der Waals surface area contributed by atoms with Crippen LogP contribution in [0, 0.1) is 0 Å². The van der Waals surface area contributed by atoms with Gasteiger partial charge in [-0.2, -0.15) is 0 Å². The molecule has 0 fully saturated rings. The van der Waals surface area contributed by atoms with Crippen molar-refractivity contribution in [3.63, 3.8) is 0 Å². The molecule has 1 aromatic heterocycles. The highest BCUT2D eigenvalue weighted by Crippen LogP contribution is 2.33. The van der Waals surface area contributed by atoms with Crippen molar-refractivity contribution in [2.45, 2.75) is 5.09 Å². The predicted octanol–water partition coefficient (Wildman–Crippen LogP) is 4.70. The Kier molecular flexibility index (Phi) is 4.02. The Bertz CT molecular complexity index is 882. The molecule has 3 nitrogen and oxygen atoms in total. The van der Waals surface area contributed by atoms with E-state index in [4.69, 9.17) is 9.15 Å². The van der Waals surface area contributed by atoms with Gasteiger partial charge < -0.3 is 9.15 Å². The molecule has 0 atom stereocenters. The van der Waals surface area contributed by atoms with Gasteiger partial charge in [0.15, 0.2) is 5.09 Å². The molecule has 0 bridgehead atoms. The summed E-state index contributed by atoms with van der Waals surface area (Å²) in [6.45, 7) is 3.71. The van der Waals surface area contributed by atoms with Crippen LogP contribution in [0.25, 0.3) is 22.1 Å². The van der Waals surface area contributed by atoms with E-state index in [-0.39, 0.29) is 5.43 Å². The summed E-state index contributed by atoms with van der Waals surface area (Å²) in [4.78, 5) is 12.9. The second-order valence-electron chi connectivity index (χ2n) is 4.61. The average molecular weight is 310 g/mol. The zero-order chi connectivity index (χ0) is 15.5. The van der Waals surface area contributed by atoms with Crippen LogP contribution in [0.4, 0.5) is 0 Å². The van der Waals surface area contributed by atoms with Crippen molar-refractivity contribution in [3.8, 4) is 16.9 Å². The first kappa shape index (κ1) is 14.5.